The van der Waals surface area contributed by atoms with Crippen LogP contribution >= 0.6 is 0 Å². The van der Waals surface area contributed by atoms with E-state index in [0.29, 0.717) is 18.7 Å². The van der Waals surface area contributed by atoms with Gasteiger partial charge in [-0.3, -0.25) is 4.90 Å². The van der Waals surface area contributed by atoms with Crippen molar-refractivity contribution < 1.29 is 17.5 Å². The van der Waals surface area contributed by atoms with Crippen LogP contribution < -0.4 is 0 Å². The fraction of sp³-hybridized carbons (Fsp3) is 0.667. The largest absolute Gasteiger partial charge is 0.373 e. The molecule has 0 spiro atoms. The van der Waals surface area contributed by atoms with Gasteiger partial charge in [0.2, 0.25) is 10.0 Å². The van der Waals surface area contributed by atoms with Crippen molar-refractivity contribution in [2.75, 3.05) is 26.2 Å². The molecule has 0 bridgehead atoms. The quantitative estimate of drug-likeness (QED) is 0.817. The Morgan fingerprint density at radius 3 is 2.60 bits per heavy atom. The maximum absolute atomic E-state index is 13.6. The molecule has 2 fully saturated rings. The van der Waals surface area contributed by atoms with Crippen LogP contribution in [0.5, 0.6) is 0 Å². The number of rotatable bonds is 4. The first kappa shape index (κ1) is 18.8. The third-order valence-corrected chi connectivity index (χ3v) is 7.12. The summed E-state index contributed by atoms with van der Waals surface area (Å²) in [7, 11) is -3.68. The summed E-state index contributed by atoms with van der Waals surface area (Å²) in [5.74, 6) is -0.518. The summed E-state index contributed by atoms with van der Waals surface area (Å²) >= 11 is 0. The Hall–Kier alpha value is -1.02. The average Bonchev–Trinajstić information content (AvgIpc) is 2.97. The van der Waals surface area contributed by atoms with E-state index in [1.165, 1.54) is 12.1 Å². The van der Waals surface area contributed by atoms with Gasteiger partial charge < -0.3 is 4.74 Å². The lowest BCUT2D eigenvalue weighted by molar-refractivity contribution is -0.0707. The van der Waals surface area contributed by atoms with Crippen LogP contribution in [-0.4, -0.2) is 62.1 Å². The smallest absolute Gasteiger partial charge is 0.243 e. The van der Waals surface area contributed by atoms with Crippen molar-refractivity contribution in [1.29, 1.82) is 0 Å². The van der Waals surface area contributed by atoms with Crippen LogP contribution in [0.15, 0.2) is 23.1 Å². The van der Waals surface area contributed by atoms with Gasteiger partial charge in [-0.1, -0.05) is 6.07 Å². The van der Waals surface area contributed by atoms with Gasteiger partial charge in [0.1, 0.15) is 5.82 Å². The fourth-order valence-electron chi connectivity index (χ4n) is 4.02. The first-order valence-electron chi connectivity index (χ1n) is 8.93. The molecule has 25 heavy (non-hydrogen) atoms. The summed E-state index contributed by atoms with van der Waals surface area (Å²) < 4.78 is 47.2. The molecule has 0 radical (unpaired) electrons. The SMILES string of the molecule is Cc1ccc(F)cc1S(=O)(=O)N1CCCC1CN1CC(C)OC(C)C1. The molecule has 0 aromatic heterocycles. The van der Waals surface area contributed by atoms with Crippen LogP contribution in [0.4, 0.5) is 4.39 Å². The molecule has 2 heterocycles. The normalized spacial score (nSPS) is 29.2. The molecule has 0 saturated carbocycles. The first-order chi connectivity index (χ1) is 11.8. The first-order valence-corrected chi connectivity index (χ1v) is 10.4. The molecule has 0 N–H and O–H groups in total. The molecule has 3 rings (SSSR count). The molecule has 3 atom stereocenters. The van der Waals surface area contributed by atoms with E-state index in [0.717, 1.165) is 32.0 Å². The number of hydrogen-bond acceptors (Lipinski definition) is 4. The third-order valence-electron chi connectivity index (χ3n) is 5.02. The molecular weight excluding hydrogens is 343 g/mol. The molecular formula is C18H27FN2O3S. The number of benzene rings is 1. The van der Waals surface area contributed by atoms with E-state index in [9.17, 15) is 12.8 Å². The molecule has 1 aromatic carbocycles. The second-order valence-electron chi connectivity index (χ2n) is 7.30. The number of hydrogen-bond donors (Lipinski definition) is 0. The lowest BCUT2D eigenvalue weighted by Crippen LogP contribution is -2.50. The lowest BCUT2D eigenvalue weighted by Gasteiger charge is -2.38. The highest BCUT2D eigenvalue weighted by molar-refractivity contribution is 7.89. The molecule has 140 valence electrons. The Balaban J connectivity index is 1.80. The lowest BCUT2D eigenvalue weighted by atomic mass is 10.1. The minimum atomic E-state index is -3.68. The second kappa shape index (κ2) is 7.31. The fourth-order valence-corrected chi connectivity index (χ4v) is 5.94. The number of nitrogens with zero attached hydrogens (tertiary/aromatic N) is 2. The van der Waals surface area contributed by atoms with Crippen LogP contribution in [0.1, 0.15) is 32.3 Å². The summed E-state index contributed by atoms with van der Waals surface area (Å²) in [6.45, 7) is 8.62. The Kier molecular flexibility index (Phi) is 5.48. The molecule has 2 aliphatic heterocycles. The highest BCUT2D eigenvalue weighted by Gasteiger charge is 2.38. The number of morpholine rings is 1. The maximum Gasteiger partial charge on any atom is 0.243 e. The van der Waals surface area contributed by atoms with Crippen LogP contribution in [-0.2, 0) is 14.8 Å². The van der Waals surface area contributed by atoms with E-state index in [2.05, 4.69) is 4.90 Å². The van der Waals surface area contributed by atoms with Gasteiger partial charge in [-0.05, 0) is 51.3 Å². The predicted octanol–water partition coefficient (Wildman–Crippen LogP) is 2.40. The minimum absolute atomic E-state index is 0.0647. The zero-order valence-corrected chi connectivity index (χ0v) is 15.9. The van der Waals surface area contributed by atoms with Crippen molar-refractivity contribution in [3.8, 4) is 0 Å². The van der Waals surface area contributed by atoms with Gasteiger partial charge in [-0.2, -0.15) is 4.31 Å². The van der Waals surface area contributed by atoms with E-state index >= 15 is 0 Å². The third kappa shape index (κ3) is 4.05. The summed E-state index contributed by atoms with van der Waals surface area (Å²) in [6, 6.07) is 3.90. The van der Waals surface area contributed by atoms with Crippen LogP contribution in [0.3, 0.4) is 0 Å². The van der Waals surface area contributed by atoms with Gasteiger partial charge >= 0.3 is 0 Å². The van der Waals surface area contributed by atoms with E-state index < -0.39 is 15.8 Å². The molecule has 2 saturated heterocycles. The zero-order chi connectivity index (χ0) is 18.2. The number of ether oxygens (including phenoxy) is 1. The maximum atomic E-state index is 13.6. The minimum Gasteiger partial charge on any atom is -0.373 e. The molecule has 0 amide bonds. The van der Waals surface area contributed by atoms with Crippen LogP contribution in [0.25, 0.3) is 0 Å². The van der Waals surface area contributed by atoms with Gasteiger partial charge in [0, 0.05) is 32.2 Å². The summed E-state index contributed by atoms with van der Waals surface area (Å²) in [5.41, 5.74) is 0.584. The van der Waals surface area contributed by atoms with Crippen molar-refractivity contribution in [3.05, 3.63) is 29.6 Å². The molecule has 1 aromatic rings. The summed E-state index contributed by atoms with van der Waals surface area (Å²) in [4.78, 5) is 2.37. The Labute approximate surface area is 149 Å². The molecule has 2 aliphatic rings. The highest BCUT2D eigenvalue weighted by atomic mass is 32.2. The van der Waals surface area contributed by atoms with Crippen molar-refractivity contribution >= 4 is 10.0 Å². The average molecular weight is 370 g/mol. The van der Waals surface area contributed by atoms with Crippen molar-refractivity contribution in [1.82, 2.24) is 9.21 Å². The van der Waals surface area contributed by atoms with Crippen molar-refractivity contribution in [3.63, 3.8) is 0 Å². The van der Waals surface area contributed by atoms with Gasteiger partial charge in [0.15, 0.2) is 0 Å². The van der Waals surface area contributed by atoms with E-state index in [1.807, 2.05) is 13.8 Å². The van der Waals surface area contributed by atoms with Crippen molar-refractivity contribution in [2.45, 2.75) is 56.8 Å². The monoisotopic (exact) mass is 370 g/mol. The van der Waals surface area contributed by atoms with Gasteiger partial charge in [0.05, 0.1) is 17.1 Å². The van der Waals surface area contributed by atoms with Gasteiger partial charge in [-0.15, -0.1) is 0 Å². The number of aryl methyl sites for hydroxylation is 1. The van der Waals surface area contributed by atoms with E-state index in [4.69, 9.17) is 4.74 Å². The standard InChI is InChI=1S/C18H27FN2O3S/c1-13-6-7-16(19)9-18(13)25(22,23)21-8-4-5-17(21)12-20-10-14(2)24-15(3)11-20/h6-7,9,14-15,17H,4-5,8,10-12H2,1-3H3. The summed E-state index contributed by atoms with van der Waals surface area (Å²) in [5, 5.41) is 0. The van der Waals surface area contributed by atoms with Crippen LogP contribution in [0, 0.1) is 12.7 Å². The molecule has 5 nitrogen and oxygen atoms in total. The van der Waals surface area contributed by atoms with E-state index in [1.54, 1.807) is 11.2 Å². The van der Waals surface area contributed by atoms with Gasteiger partial charge in [-0.25, -0.2) is 12.8 Å². The topological polar surface area (TPSA) is 49.9 Å². The number of halogens is 1. The molecule has 0 aliphatic carbocycles. The highest BCUT2D eigenvalue weighted by Crippen LogP contribution is 2.29. The number of sulfonamides is 1. The molecule has 7 heteroatoms. The summed E-state index contributed by atoms with van der Waals surface area (Å²) in [6.07, 6.45) is 1.99. The zero-order valence-electron chi connectivity index (χ0n) is 15.1. The predicted molar refractivity (Wildman–Crippen MR) is 94.5 cm³/mol. The van der Waals surface area contributed by atoms with Crippen molar-refractivity contribution in [2.24, 2.45) is 0 Å². The molecule has 3 unspecified atom stereocenters. The van der Waals surface area contributed by atoms with Gasteiger partial charge in [0.25, 0.3) is 0 Å². The second-order valence-corrected chi connectivity index (χ2v) is 9.16. The Morgan fingerprint density at radius 1 is 1.24 bits per heavy atom. The Morgan fingerprint density at radius 2 is 1.92 bits per heavy atom. The van der Waals surface area contributed by atoms with E-state index in [-0.39, 0.29) is 23.1 Å². The van der Waals surface area contributed by atoms with Crippen LogP contribution in [0.2, 0.25) is 0 Å². The Bertz CT molecular complexity index is 715.